The lowest BCUT2D eigenvalue weighted by Gasteiger charge is -2.09. The summed E-state index contributed by atoms with van der Waals surface area (Å²) in [4.78, 5) is 0.303. The molecule has 2 rings (SSSR count). The van der Waals surface area contributed by atoms with Crippen molar-refractivity contribution in [3.05, 3.63) is 30.3 Å². The van der Waals surface area contributed by atoms with Gasteiger partial charge in [-0.2, -0.15) is 0 Å². The summed E-state index contributed by atoms with van der Waals surface area (Å²) in [6, 6.07) is 8.43. The lowest BCUT2D eigenvalue weighted by Crippen LogP contribution is -2.25. The van der Waals surface area contributed by atoms with Crippen LogP contribution < -0.4 is 4.72 Å². The fourth-order valence-electron chi connectivity index (χ4n) is 1.86. The maximum atomic E-state index is 11.8. The Labute approximate surface area is 90.6 Å². The largest absolute Gasteiger partial charge is 0.257 e. The Bertz CT molecular complexity index is 407. The third-order valence-electron chi connectivity index (χ3n) is 2.65. The van der Waals surface area contributed by atoms with E-state index < -0.39 is 10.0 Å². The van der Waals surface area contributed by atoms with Crippen molar-refractivity contribution in [2.75, 3.05) is 0 Å². The molecule has 1 radical (unpaired) electrons. The first kappa shape index (κ1) is 10.6. The summed E-state index contributed by atoms with van der Waals surface area (Å²) in [5.74, 6) is 0. The highest BCUT2D eigenvalue weighted by molar-refractivity contribution is 7.89. The van der Waals surface area contributed by atoms with Crippen molar-refractivity contribution in [1.82, 2.24) is 4.72 Å². The Kier molecular flexibility index (Phi) is 3.07. The van der Waals surface area contributed by atoms with E-state index in [-0.39, 0.29) is 6.04 Å². The summed E-state index contributed by atoms with van der Waals surface area (Å²) in [5, 5.41) is 0. The molecule has 0 N–H and O–H groups in total. The molecule has 0 bridgehead atoms. The highest BCUT2D eigenvalue weighted by atomic mass is 32.2. The number of benzene rings is 1. The topological polar surface area (TPSA) is 48.2 Å². The van der Waals surface area contributed by atoms with E-state index in [2.05, 4.69) is 4.72 Å². The normalized spacial score (nSPS) is 18.1. The summed E-state index contributed by atoms with van der Waals surface area (Å²) < 4.78 is 27.6. The fraction of sp³-hybridized carbons (Fsp3) is 0.455. The summed E-state index contributed by atoms with van der Waals surface area (Å²) in [5.41, 5.74) is 0. The summed E-state index contributed by atoms with van der Waals surface area (Å²) in [6.07, 6.45) is 4.01. The minimum atomic E-state index is -3.42. The molecule has 15 heavy (non-hydrogen) atoms. The van der Waals surface area contributed by atoms with E-state index in [0.29, 0.717) is 4.90 Å². The third-order valence-corrected chi connectivity index (χ3v) is 4.10. The zero-order valence-corrected chi connectivity index (χ0v) is 9.28. The molecule has 0 unspecified atom stereocenters. The number of hydrogen-bond donors (Lipinski definition) is 0. The van der Waals surface area contributed by atoms with Crippen molar-refractivity contribution in [2.45, 2.75) is 36.6 Å². The van der Waals surface area contributed by atoms with Crippen molar-refractivity contribution in [2.24, 2.45) is 0 Å². The number of nitrogens with zero attached hydrogens (tertiary/aromatic N) is 1. The molecule has 1 aromatic rings. The van der Waals surface area contributed by atoms with Crippen molar-refractivity contribution < 1.29 is 8.42 Å². The molecule has 1 fully saturated rings. The van der Waals surface area contributed by atoms with Crippen LogP contribution in [-0.2, 0) is 10.0 Å². The molecule has 0 aliphatic heterocycles. The van der Waals surface area contributed by atoms with Gasteiger partial charge >= 0.3 is 0 Å². The average molecular weight is 224 g/mol. The van der Waals surface area contributed by atoms with Gasteiger partial charge in [-0.05, 0) is 25.0 Å². The second-order valence-corrected chi connectivity index (χ2v) is 5.46. The van der Waals surface area contributed by atoms with Crippen molar-refractivity contribution >= 4 is 10.0 Å². The highest BCUT2D eigenvalue weighted by Gasteiger charge is 2.24. The molecule has 81 valence electrons. The summed E-state index contributed by atoms with van der Waals surface area (Å²) >= 11 is 0. The summed E-state index contributed by atoms with van der Waals surface area (Å²) in [6.45, 7) is 0. The van der Waals surface area contributed by atoms with Gasteiger partial charge in [-0.3, -0.25) is 0 Å². The molecule has 0 aromatic heterocycles. The van der Waals surface area contributed by atoms with Crippen molar-refractivity contribution in [1.29, 1.82) is 0 Å². The van der Waals surface area contributed by atoms with Gasteiger partial charge in [0.25, 0.3) is 10.0 Å². The number of rotatable bonds is 3. The van der Waals surface area contributed by atoms with Crippen molar-refractivity contribution in [3.63, 3.8) is 0 Å². The van der Waals surface area contributed by atoms with Crippen LogP contribution in [0.2, 0.25) is 0 Å². The predicted molar refractivity (Wildman–Crippen MR) is 58.0 cm³/mol. The van der Waals surface area contributed by atoms with E-state index in [9.17, 15) is 8.42 Å². The minimum Gasteiger partial charge on any atom is -0.206 e. The van der Waals surface area contributed by atoms with Crippen LogP contribution in [-0.4, -0.2) is 14.5 Å². The van der Waals surface area contributed by atoms with E-state index in [4.69, 9.17) is 0 Å². The molecule has 1 saturated carbocycles. The van der Waals surface area contributed by atoms with Gasteiger partial charge in [0.15, 0.2) is 0 Å². The van der Waals surface area contributed by atoms with E-state index in [1.807, 2.05) is 0 Å². The van der Waals surface area contributed by atoms with Gasteiger partial charge in [0.2, 0.25) is 0 Å². The van der Waals surface area contributed by atoms with Gasteiger partial charge in [-0.1, -0.05) is 31.0 Å². The van der Waals surface area contributed by atoms with Gasteiger partial charge in [-0.25, -0.2) is 8.42 Å². The van der Waals surface area contributed by atoms with E-state index in [1.54, 1.807) is 30.3 Å². The number of hydrogen-bond acceptors (Lipinski definition) is 2. The first-order valence-corrected chi connectivity index (χ1v) is 6.65. The van der Waals surface area contributed by atoms with Crippen LogP contribution in [0.5, 0.6) is 0 Å². The monoisotopic (exact) mass is 224 g/mol. The molecular formula is C11H14NO2S. The van der Waals surface area contributed by atoms with Gasteiger partial charge < -0.3 is 0 Å². The molecule has 4 heteroatoms. The van der Waals surface area contributed by atoms with Crippen LogP contribution in [0.25, 0.3) is 0 Å². The standard InChI is InChI=1S/C11H14NO2S/c13-15(14,11-8-2-1-3-9-11)12-10-6-4-5-7-10/h1-3,8-10H,4-7H2. The Hall–Kier alpha value is -0.870. The van der Waals surface area contributed by atoms with Crippen LogP contribution in [0.4, 0.5) is 0 Å². The van der Waals surface area contributed by atoms with Crippen LogP contribution >= 0.6 is 0 Å². The quantitative estimate of drug-likeness (QED) is 0.787. The van der Waals surface area contributed by atoms with Gasteiger partial charge in [0.05, 0.1) is 4.90 Å². The van der Waals surface area contributed by atoms with Crippen LogP contribution in [0.15, 0.2) is 35.2 Å². The molecule has 0 amide bonds. The van der Waals surface area contributed by atoms with Gasteiger partial charge in [0, 0.05) is 6.04 Å². The van der Waals surface area contributed by atoms with Crippen LogP contribution in [0.1, 0.15) is 25.7 Å². The van der Waals surface area contributed by atoms with E-state index in [1.165, 1.54) is 0 Å². The molecule has 0 heterocycles. The Morgan fingerprint density at radius 1 is 1.07 bits per heavy atom. The first-order valence-electron chi connectivity index (χ1n) is 5.21. The maximum Gasteiger partial charge on any atom is 0.257 e. The van der Waals surface area contributed by atoms with Gasteiger partial charge in [-0.15, -0.1) is 4.72 Å². The third kappa shape index (κ3) is 2.58. The zero-order valence-electron chi connectivity index (χ0n) is 8.46. The molecule has 1 aliphatic rings. The molecule has 0 spiro atoms. The smallest absolute Gasteiger partial charge is 0.206 e. The second-order valence-electron chi connectivity index (χ2n) is 3.83. The van der Waals surface area contributed by atoms with E-state index >= 15 is 0 Å². The Morgan fingerprint density at radius 2 is 1.67 bits per heavy atom. The molecule has 3 nitrogen and oxygen atoms in total. The Balaban J connectivity index is 2.13. The summed E-state index contributed by atoms with van der Waals surface area (Å²) in [7, 11) is -3.42. The molecule has 0 saturated heterocycles. The zero-order chi connectivity index (χ0) is 10.7. The average Bonchev–Trinajstić information content (AvgIpc) is 2.71. The highest BCUT2D eigenvalue weighted by Crippen LogP contribution is 2.21. The molecule has 1 aliphatic carbocycles. The molecule has 1 aromatic carbocycles. The predicted octanol–water partition coefficient (Wildman–Crippen LogP) is 1.92. The fourth-order valence-corrected chi connectivity index (χ4v) is 3.09. The first-order chi connectivity index (χ1) is 7.18. The van der Waals surface area contributed by atoms with Crippen molar-refractivity contribution in [3.8, 4) is 0 Å². The Morgan fingerprint density at radius 3 is 2.27 bits per heavy atom. The molecule has 0 atom stereocenters. The number of sulfonamides is 1. The maximum absolute atomic E-state index is 11.8. The van der Waals surface area contributed by atoms with Gasteiger partial charge in [0.1, 0.15) is 0 Å². The minimum absolute atomic E-state index is 0.00945. The lowest BCUT2D eigenvalue weighted by molar-refractivity contribution is 0.548. The van der Waals surface area contributed by atoms with Crippen LogP contribution in [0.3, 0.4) is 0 Å². The second kappa shape index (κ2) is 4.33. The molecular weight excluding hydrogens is 210 g/mol. The SMILES string of the molecule is O=S(=O)([N]C1CCCC1)c1ccccc1. The van der Waals surface area contributed by atoms with Crippen LogP contribution in [0, 0.1) is 0 Å². The van der Waals surface area contributed by atoms with E-state index in [0.717, 1.165) is 25.7 Å². The lowest BCUT2D eigenvalue weighted by atomic mass is 10.3.